The average molecular weight is 388 g/mol. The summed E-state index contributed by atoms with van der Waals surface area (Å²) in [5, 5.41) is 7.94. The van der Waals surface area contributed by atoms with E-state index >= 15 is 0 Å². The first-order valence-electron chi connectivity index (χ1n) is 7.92. The van der Waals surface area contributed by atoms with Gasteiger partial charge in [-0.25, -0.2) is 0 Å². The number of nitrogens with one attached hydrogen (secondary N) is 1. The molecule has 0 aliphatic rings. The molecule has 3 aromatic rings. The molecular formula is C20H18ClNOS2. The molecule has 1 heterocycles. The summed E-state index contributed by atoms with van der Waals surface area (Å²) in [5.74, 6) is 0.790. The Hall–Kier alpha value is -1.75. The van der Waals surface area contributed by atoms with Crippen LogP contribution in [0.1, 0.15) is 34.5 Å². The van der Waals surface area contributed by atoms with Gasteiger partial charge in [-0.3, -0.25) is 4.79 Å². The smallest absolute Gasteiger partial charge is 0.252 e. The van der Waals surface area contributed by atoms with Crippen molar-refractivity contribution in [2.75, 3.05) is 0 Å². The first kappa shape index (κ1) is 18.1. The van der Waals surface area contributed by atoms with Crippen molar-refractivity contribution in [1.29, 1.82) is 0 Å². The van der Waals surface area contributed by atoms with E-state index in [4.69, 9.17) is 11.6 Å². The van der Waals surface area contributed by atoms with Crippen LogP contribution in [-0.2, 0) is 5.75 Å². The third-order valence-electron chi connectivity index (χ3n) is 3.80. The normalized spacial score (nSPS) is 11.9. The first-order valence-corrected chi connectivity index (χ1v) is 10.2. The van der Waals surface area contributed by atoms with Gasteiger partial charge in [0, 0.05) is 15.7 Å². The van der Waals surface area contributed by atoms with Crippen molar-refractivity contribution < 1.29 is 4.79 Å². The highest BCUT2D eigenvalue weighted by Crippen LogP contribution is 2.27. The Morgan fingerprint density at radius 3 is 2.80 bits per heavy atom. The van der Waals surface area contributed by atoms with Gasteiger partial charge in [0.25, 0.3) is 5.91 Å². The second kappa shape index (κ2) is 8.56. The standard InChI is InChI=1S/C20H18ClNOS2/c1-14(16-5-4-6-17(21)11-16)22-20(23)18-7-2-3-8-19(18)25-13-15-9-10-24-12-15/h2-12,14H,13H2,1H3,(H,22,23). The minimum Gasteiger partial charge on any atom is -0.345 e. The zero-order valence-electron chi connectivity index (χ0n) is 13.7. The number of halogens is 1. The molecule has 0 radical (unpaired) electrons. The van der Waals surface area contributed by atoms with Crippen molar-refractivity contribution in [2.24, 2.45) is 0 Å². The molecule has 1 aromatic heterocycles. The highest BCUT2D eigenvalue weighted by atomic mass is 35.5. The molecule has 2 aromatic carbocycles. The molecule has 1 atom stereocenters. The quantitative estimate of drug-likeness (QED) is 0.511. The summed E-state index contributed by atoms with van der Waals surface area (Å²) < 4.78 is 0. The molecule has 1 amide bonds. The molecule has 25 heavy (non-hydrogen) atoms. The van der Waals surface area contributed by atoms with Crippen LogP contribution in [0.3, 0.4) is 0 Å². The maximum absolute atomic E-state index is 12.7. The van der Waals surface area contributed by atoms with Gasteiger partial charge in [0.05, 0.1) is 11.6 Å². The van der Waals surface area contributed by atoms with Gasteiger partial charge in [-0.15, -0.1) is 11.8 Å². The molecule has 3 rings (SSSR count). The Kier molecular flexibility index (Phi) is 6.19. The van der Waals surface area contributed by atoms with E-state index in [9.17, 15) is 4.79 Å². The van der Waals surface area contributed by atoms with Crippen LogP contribution in [0.25, 0.3) is 0 Å². The van der Waals surface area contributed by atoms with Gasteiger partial charge >= 0.3 is 0 Å². The van der Waals surface area contributed by atoms with Crippen molar-refractivity contribution in [3.8, 4) is 0 Å². The van der Waals surface area contributed by atoms with E-state index in [1.54, 1.807) is 23.1 Å². The van der Waals surface area contributed by atoms with Crippen LogP contribution in [-0.4, -0.2) is 5.91 Å². The number of carbonyl (C=O) groups excluding carboxylic acids is 1. The van der Waals surface area contributed by atoms with Crippen molar-refractivity contribution in [1.82, 2.24) is 5.32 Å². The predicted octanol–water partition coefficient (Wildman–Crippen LogP) is 6.18. The molecule has 0 bridgehead atoms. The summed E-state index contributed by atoms with van der Waals surface area (Å²) >= 11 is 9.41. The second-order valence-corrected chi connectivity index (χ2v) is 7.90. The largest absolute Gasteiger partial charge is 0.345 e. The molecular weight excluding hydrogens is 370 g/mol. The zero-order valence-corrected chi connectivity index (χ0v) is 16.1. The van der Waals surface area contributed by atoms with Crippen LogP contribution < -0.4 is 5.32 Å². The van der Waals surface area contributed by atoms with Gasteiger partial charge in [-0.1, -0.05) is 35.9 Å². The second-order valence-electron chi connectivity index (χ2n) is 5.67. The summed E-state index contributed by atoms with van der Waals surface area (Å²) in [7, 11) is 0. The number of carbonyl (C=O) groups is 1. The molecule has 1 unspecified atom stereocenters. The minimum atomic E-state index is -0.110. The Labute approximate surface area is 161 Å². The third-order valence-corrected chi connectivity index (χ3v) is 5.91. The predicted molar refractivity (Wildman–Crippen MR) is 108 cm³/mol. The van der Waals surface area contributed by atoms with Crippen molar-refractivity contribution in [2.45, 2.75) is 23.6 Å². The summed E-state index contributed by atoms with van der Waals surface area (Å²) in [6, 6.07) is 17.3. The van der Waals surface area contributed by atoms with Crippen molar-refractivity contribution >= 4 is 40.6 Å². The first-order chi connectivity index (χ1) is 12.1. The van der Waals surface area contributed by atoms with Crippen LogP contribution >= 0.6 is 34.7 Å². The van der Waals surface area contributed by atoms with E-state index in [1.807, 2.05) is 55.5 Å². The maximum Gasteiger partial charge on any atom is 0.252 e. The Bertz CT molecular complexity index is 848. The topological polar surface area (TPSA) is 29.1 Å². The Morgan fingerprint density at radius 2 is 2.04 bits per heavy atom. The lowest BCUT2D eigenvalue weighted by Crippen LogP contribution is -2.27. The molecule has 0 aliphatic heterocycles. The van der Waals surface area contributed by atoms with Crippen LogP contribution in [0.4, 0.5) is 0 Å². The maximum atomic E-state index is 12.7. The fourth-order valence-corrected chi connectivity index (χ4v) is 4.42. The fraction of sp³-hybridized carbons (Fsp3) is 0.150. The fourth-order valence-electron chi connectivity index (χ4n) is 2.45. The minimum absolute atomic E-state index is 0.0686. The lowest BCUT2D eigenvalue weighted by Gasteiger charge is -2.16. The van der Waals surface area contributed by atoms with E-state index in [0.29, 0.717) is 10.6 Å². The van der Waals surface area contributed by atoms with Gasteiger partial charge in [0.1, 0.15) is 0 Å². The van der Waals surface area contributed by atoms with Crippen molar-refractivity contribution in [3.63, 3.8) is 0 Å². The number of thioether (sulfide) groups is 1. The summed E-state index contributed by atoms with van der Waals surface area (Å²) in [6.45, 7) is 1.96. The number of benzene rings is 2. The lowest BCUT2D eigenvalue weighted by atomic mass is 10.1. The molecule has 2 nitrogen and oxygen atoms in total. The van der Waals surface area contributed by atoms with Gasteiger partial charge in [-0.05, 0) is 59.1 Å². The lowest BCUT2D eigenvalue weighted by molar-refractivity contribution is 0.0937. The van der Waals surface area contributed by atoms with E-state index < -0.39 is 0 Å². The molecule has 5 heteroatoms. The zero-order chi connectivity index (χ0) is 17.6. The van der Waals surface area contributed by atoms with Crippen molar-refractivity contribution in [3.05, 3.63) is 87.1 Å². The van der Waals surface area contributed by atoms with E-state index in [2.05, 4.69) is 22.1 Å². The monoisotopic (exact) mass is 387 g/mol. The number of amides is 1. The number of rotatable bonds is 6. The highest BCUT2D eigenvalue weighted by molar-refractivity contribution is 7.98. The number of thiophene rings is 1. The third kappa shape index (κ3) is 4.88. The van der Waals surface area contributed by atoms with E-state index in [-0.39, 0.29) is 11.9 Å². The highest BCUT2D eigenvalue weighted by Gasteiger charge is 2.15. The molecule has 1 N–H and O–H groups in total. The summed E-state index contributed by atoms with van der Waals surface area (Å²) in [5.41, 5.74) is 2.97. The van der Waals surface area contributed by atoms with Gasteiger partial charge in [0.2, 0.25) is 0 Å². The Balaban J connectivity index is 1.71. The number of hydrogen-bond donors (Lipinski definition) is 1. The van der Waals surface area contributed by atoms with Gasteiger partial charge in [-0.2, -0.15) is 11.3 Å². The van der Waals surface area contributed by atoms with E-state index in [1.165, 1.54) is 5.56 Å². The molecule has 0 saturated heterocycles. The van der Waals surface area contributed by atoms with Crippen LogP contribution in [0, 0.1) is 0 Å². The van der Waals surface area contributed by atoms with E-state index in [0.717, 1.165) is 16.2 Å². The molecule has 0 saturated carbocycles. The van der Waals surface area contributed by atoms with Gasteiger partial charge < -0.3 is 5.32 Å². The molecule has 0 aliphatic carbocycles. The van der Waals surface area contributed by atoms with Crippen LogP contribution in [0.5, 0.6) is 0 Å². The van der Waals surface area contributed by atoms with Crippen LogP contribution in [0.15, 0.2) is 70.3 Å². The van der Waals surface area contributed by atoms with Gasteiger partial charge in [0.15, 0.2) is 0 Å². The Morgan fingerprint density at radius 1 is 1.20 bits per heavy atom. The SMILES string of the molecule is CC(NC(=O)c1ccccc1SCc1ccsc1)c1cccc(Cl)c1. The average Bonchev–Trinajstić information content (AvgIpc) is 3.13. The number of hydrogen-bond acceptors (Lipinski definition) is 3. The molecule has 128 valence electrons. The molecule has 0 spiro atoms. The summed E-state index contributed by atoms with van der Waals surface area (Å²) in [6.07, 6.45) is 0. The molecule has 0 fully saturated rings. The summed E-state index contributed by atoms with van der Waals surface area (Å²) in [4.78, 5) is 13.7. The van der Waals surface area contributed by atoms with Crippen LogP contribution in [0.2, 0.25) is 5.02 Å².